The minimum absolute atomic E-state index is 0.0381. The zero-order valence-electron chi connectivity index (χ0n) is 21.9. The normalized spacial score (nSPS) is 18.1. The zero-order valence-corrected chi connectivity index (χ0v) is 24.1. The average molecular weight is 583 g/mol. The third-order valence-electron chi connectivity index (χ3n) is 7.22. The number of nitrogens with one attached hydrogen (secondary N) is 2. The van der Waals surface area contributed by atoms with Crippen LogP contribution in [0.25, 0.3) is 0 Å². The Hall–Kier alpha value is -2.99. The topological polar surface area (TPSA) is 61.4 Å². The molecule has 1 heterocycles. The second kappa shape index (κ2) is 11.2. The lowest BCUT2D eigenvalue weighted by Crippen LogP contribution is -2.42. The minimum atomic E-state index is -0.563. The summed E-state index contributed by atoms with van der Waals surface area (Å²) < 4.78 is 0. The van der Waals surface area contributed by atoms with Crippen molar-refractivity contribution in [1.29, 1.82) is 0 Å². The first kappa shape index (κ1) is 27.6. The molecule has 3 aromatic carbocycles. The lowest BCUT2D eigenvalue weighted by atomic mass is 9.73. The molecule has 0 saturated heterocycles. The van der Waals surface area contributed by atoms with Crippen LogP contribution in [0.5, 0.6) is 0 Å². The molecule has 0 spiro atoms. The van der Waals surface area contributed by atoms with E-state index in [9.17, 15) is 9.59 Å². The van der Waals surface area contributed by atoms with Crippen molar-refractivity contribution in [3.8, 4) is 0 Å². The number of hydrogen-bond acceptors (Lipinski definition) is 4. The van der Waals surface area contributed by atoms with Crippen LogP contribution in [-0.2, 0) is 16.0 Å². The molecule has 0 saturated carbocycles. The number of anilines is 2. The number of halogens is 3. The zero-order chi connectivity index (χ0) is 27.7. The van der Waals surface area contributed by atoms with E-state index in [2.05, 4.69) is 24.5 Å². The number of carbonyl (C=O) groups is 2. The van der Waals surface area contributed by atoms with Gasteiger partial charge in [-0.15, -0.1) is 0 Å². The molecule has 8 heteroatoms. The van der Waals surface area contributed by atoms with E-state index in [-0.39, 0.29) is 23.7 Å². The number of amides is 1. The number of allylic oxidation sites excluding steroid dienone is 1. The predicted octanol–water partition coefficient (Wildman–Crippen LogP) is 7.62. The third-order valence-corrected chi connectivity index (χ3v) is 8.04. The number of carbonyl (C=O) groups excluding carboxylic acids is 2. The molecule has 0 radical (unpaired) electrons. The molecule has 2 aliphatic rings. The third kappa shape index (κ3) is 6.11. The number of ketones is 1. The first-order valence-electron chi connectivity index (χ1n) is 13.0. The number of Topliss-reactive ketones (excluding diaryl/α,β-unsaturated/α-hetero) is 1. The molecule has 3 aromatic rings. The smallest absolute Gasteiger partial charge is 0.239 e. The molecule has 2 N–H and O–H groups in total. The van der Waals surface area contributed by atoms with Crippen LogP contribution in [0.2, 0.25) is 15.1 Å². The Morgan fingerprint density at radius 3 is 2.46 bits per heavy atom. The summed E-state index contributed by atoms with van der Waals surface area (Å²) in [5.41, 5.74) is 4.79. The maximum atomic E-state index is 13.8. The summed E-state index contributed by atoms with van der Waals surface area (Å²) in [6, 6.07) is 20.2. The first-order chi connectivity index (χ1) is 18.6. The van der Waals surface area contributed by atoms with Gasteiger partial charge in [-0.05, 0) is 65.8 Å². The summed E-state index contributed by atoms with van der Waals surface area (Å²) in [5.74, 6) is -0.104. The maximum absolute atomic E-state index is 13.8. The SMILES string of the molecule is CC1(C)CC(=O)C2=C(C1)Nc1ccccc1N(CC(=O)NCCc1ccc(Cl)cc1)C2c1ccc(Cl)cc1Cl. The fraction of sp³-hybridized carbons (Fsp3) is 0.290. The summed E-state index contributed by atoms with van der Waals surface area (Å²) in [6.07, 6.45) is 1.79. The summed E-state index contributed by atoms with van der Waals surface area (Å²) in [6.45, 7) is 4.71. The Morgan fingerprint density at radius 2 is 1.72 bits per heavy atom. The molecule has 0 fully saturated rings. The minimum Gasteiger partial charge on any atom is -0.357 e. The summed E-state index contributed by atoms with van der Waals surface area (Å²) in [4.78, 5) is 29.2. The van der Waals surface area contributed by atoms with Crippen molar-refractivity contribution in [2.24, 2.45) is 5.41 Å². The van der Waals surface area contributed by atoms with Gasteiger partial charge in [-0.25, -0.2) is 0 Å². The summed E-state index contributed by atoms with van der Waals surface area (Å²) in [5, 5.41) is 8.24. The van der Waals surface area contributed by atoms with Gasteiger partial charge in [0.25, 0.3) is 0 Å². The highest BCUT2D eigenvalue weighted by atomic mass is 35.5. The van der Waals surface area contributed by atoms with E-state index >= 15 is 0 Å². The second-order valence-electron chi connectivity index (χ2n) is 10.9. The second-order valence-corrected chi connectivity index (χ2v) is 12.2. The lowest BCUT2D eigenvalue weighted by Gasteiger charge is -2.38. The highest BCUT2D eigenvalue weighted by Crippen LogP contribution is 2.49. The van der Waals surface area contributed by atoms with Gasteiger partial charge in [0, 0.05) is 39.3 Å². The van der Waals surface area contributed by atoms with Crippen LogP contribution in [0, 0.1) is 5.41 Å². The quantitative estimate of drug-likeness (QED) is 0.314. The highest BCUT2D eigenvalue weighted by Gasteiger charge is 2.42. The van der Waals surface area contributed by atoms with Crippen LogP contribution in [0.1, 0.15) is 43.9 Å². The van der Waals surface area contributed by atoms with Gasteiger partial charge in [-0.3, -0.25) is 9.59 Å². The van der Waals surface area contributed by atoms with E-state index in [0.29, 0.717) is 46.4 Å². The Morgan fingerprint density at radius 1 is 1.00 bits per heavy atom. The van der Waals surface area contributed by atoms with Crippen LogP contribution in [-0.4, -0.2) is 24.8 Å². The molecule has 0 bridgehead atoms. The monoisotopic (exact) mass is 581 g/mol. The van der Waals surface area contributed by atoms with Gasteiger partial charge in [-0.2, -0.15) is 0 Å². The van der Waals surface area contributed by atoms with E-state index in [0.717, 1.165) is 28.2 Å². The molecule has 1 aliphatic carbocycles. The van der Waals surface area contributed by atoms with E-state index in [4.69, 9.17) is 34.8 Å². The Kier molecular flexibility index (Phi) is 7.95. The van der Waals surface area contributed by atoms with Gasteiger partial charge in [0.1, 0.15) is 0 Å². The van der Waals surface area contributed by atoms with Gasteiger partial charge in [0.15, 0.2) is 5.78 Å². The summed E-state index contributed by atoms with van der Waals surface area (Å²) in [7, 11) is 0. The van der Waals surface area contributed by atoms with Crippen LogP contribution in [0.4, 0.5) is 11.4 Å². The van der Waals surface area contributed by atoms with Gasteiger partial charge in [-0.1, -0.05) is 79.0 Å². The van der Waals surface area contributed by atoms with E-state index in [1.807, 2.05) is 59.5 Å². The standard InChI is InChI=1S/C31H30Cl3N3O2/c1-31(2)16-25-29(27(38)17-31)30(22-12-11-21(33)15-23(22)34)37(26-6-4-3-5-24(26)36-25)18-28(39)35-14-13-19-7-9-20(32)10-8-19/h3-12,15,30,36H,13-14,16-18H2,1-2H3,(H,35,39). The average Bonchev–Trinajstić information content (AvgIpc) is 2.99. The van der Waals surface area contributed by atoms with Gasteiger partial charge in [0.05, 0.1) is 24.0 Å². The molecule has 1 atom stereocenters. The van der Waals surface area contributed by atoms with Gasteiger partial charge >= 0.3 is 0 Å². The molecular weight excluding hydrogens is 553 g/mol. The van der Waals surface area contributed by atoms with E-state index in [1.165, 1.54) is 0 Å². The number of hydrogen-bond donors (Lipinski definition) is 2. The van der Waals surface area contributed by atoms with Crippen molar-refractivity contribution >= 4 is 57.9 Å². The molecular formula is C31H30Cl3N3O2. The Bertz CT molecular complexity index is 1450. The van der Waals surface area contributed by atoms with Crippen molar-refractivity contribution < 1.29 is 9.59 Å². The molecule has 1 aliphatic heterocycles. The number of rotatable bonds is 6. The number of fused-ring (bicyclic) bond motifs is 1. The molecule has 5 nitrogen and oxygen atoms in total. The van der Waals surface area contributed by atoms with Crippen molar-refractivity contribution in [3.05, 3.63) is 104 Å². The Balaban J connectivity index is 1.53. The number of nitrogens with zero attached hydrogens (tertiary/aromatic N) is 1. The van der Waals surface area contributed by atoms with Gasteiger partial charge in [0.2, 0.25) is 5.91 Å². The maximum Gasteiger partial charge on any atom is 0.239 e. The molecule has 0 aromatic heterocycles. The molecule has 5 rings (SSSR count). The number of para-hydroxylation sites is 2. The first-order valence-corrected chi connectivity index (χ1v) is 14.1. The highest BCUT2D eigenvalue weighted by molar-refractivity contribution is 6.35. The predicted molar refractivity (Wildman–Crippen MR) is 160 cm³/mol. The lowest BCUT2D eigenvalue weighted by molar-refractivity contribution is -0.120. The van der Waals surface area contributed by atoms with Crippen molar-refractivity contribution in [2.45, 2.75) is 39.2 Å². The van der Waals surface area contributed by atoms with E-state index in [1.54, 1.807) is 12.1 Å². The largest absolute Gasteiger partial charge is 0.357 e. The molecule has 202 valence electrons. The summed E-state index contributed by atoms with van der Waals surface area (Å²) >= 11 is 19.0. The van der Waals surface area contributed by atoms with Crippen LogP contribution >= 0.6 is 34.8 Å². The van der Waals surface area contributed by atoms with Crippen molar-refractivity contribution in [2.75, 3.05) is 23.3 Å². The van der Waals surface area contributed by atoms with Crippen LogP contribution in [0.3, 0.4) is 0 Å². The molecule has 1 amide bonds. The van der Waals surface area contributed by atoms with Crippen molar-refractivity contribution in [1.82, 2.24) is 5.32 Å². The van der Waals surface area contributed by atoms with Crippen molar-refractivity contribution in [3.63, 3.8) is 0 Å². The van der Waals surface area contributed by atoms with Gasteiger partial charge < -0.3 is 15.5 Å². The van der Waals surface area contributed by atoms with Crippen LogP contribution < -0.4 is 15.5 Å². The molecule has 1 unspecified atom stereocenters. The fourth-order valence-corrected chi connectivity index (χ4v) is 6.12. The Labute approximate surface area is 244 Å². The van der Waals surface area contributed by atoms with E-state index < -0.39 is 6.04 Å². The number of benzene rings is 3. The fourth-order valence-electron chi connectivity index (χ4n) is 5.48. The van der Waals surface area contributed by atoms with Crippen LogP contribution in [0.15, 0.2) is 78.0 Å². The molecule has 39 heavy (non-hydrogen) atoms.